The molecule has 1 heterocycles. The maximum Gasteiger partial charge on any atom is 0.183 e. The number of aromatic nitrogens is 2. The summed E-state index contributed by atoms with van der Waals surface area (Å²) in [7, 11) is 1.98. The second kappa shape index (κ2) is 5.10. The SMILES string of the molecule is CSC(=Nc1ccc2c(c1)nc(C)n2C)NC#N. The van der Waals surface area contributed by atoms with Crippen molar-refractivity contribution in [2.45, 2.75) is 6.92 Å². The van der Waals surface area contributed by atoms with Gasteiger partial charge in [-0.1, -0.05) is 11.8 Å². The van der Waals surface area contributed by atoms with E-state index in [1.165, 1.54) is 11.8 Å². The number of hydrogen-bond acceptors (Lipinski definition) is 4. The molecular formula is C12H13N5S. The van der Waals surface area contributed by atoms with E-state index in [0.29, 0.717) is 5.17 Å². The highest BCUT2D eigenvalue weighted by Gasteiger charge is 2.05. The molecule has 0 spiro atoms. The minimum Gasteiger partial charge on any atom is -0.331 e. The first-order valence-corrected chi connectivity index (χ1v) is 6.59. The largest absolute Gasteiger partial charge is 0.331 e. The number of nitrogens with zero attached hydrogens (tertiary/aromatic N) is 4. The van der Waals surface area contributed by atoms with Crippen molar-refractivity contribution in [2.75, 3.05) is 6.26 Å². The Balaban J connectivity index is 2.45. The Bertz CT molecular complexity index is 650. The van der Waals surface area contributed by atoms with Crippen LogP contribution < -0.4 is 5.32 Å². The van der Waals surface area contributed by atoms with Crippen LogP contribution in [0.15, 0.2) is 23.2 Å². The van der Waals surface area contributed by atoms with Crippen LogP contribution in [-0.4, -0.2) is 21.0 Å². The van der Waals surface area contributed by atoms with Gasteiger partial charge in [0.05, 0.1) is 16.7 Å². The fraction of sp³-hybridized carbons (Fsp3) is 0.250. The average Bonchev–Trinajstić information content (AvgIpc) is 2.64. The van der Waals surface area contributed by atoms with Gasteiger partial charge in [-0.2, -0.15) is 5.26 Å². The molecule has 0 saturated heterocycles. The van der Waals surface area contributed by atoms with E-state index in [4.69, 9.17) is 5.26 Å². The molecule has 0 bridgehead atoms. The molecule has 1 N–H and O–H groups in total. The minimum absolute atomic E-state index is 0.574. The predicted molar refractivity (Wildman–Crippen MR) is 74.8 cm³/mol. The van der Waals surface area contributed by atoms with Gasteiger partial charge in [-0.05, 0) is 31.4 Å². The molecule has 18 heavy (non-hydrogen) atoms. The topological polar surface area (TPSA) is 66.0 Å². The molecule has 0 amide bonds. The van der Waals surface area contributed by atoms with Crippen molar-refractivity contribution in [1.82, 2.24) is 14.9 Å². The van der Waals surface area contributed by atoms with Crippen molar-refractivity contribution in [3.05, 3.63) is 24.0 Å². The molecule has 0 fully saturated rings. The van der Waals surface area contributed by atoms with E-state index in [9.17, 15) is 0 Å². The first kappa shape index (κ1) is 12.5. The number of amidine groups is 1. The highest BCUT2D eigenvalue weighted by atomic mass is 32.2. The molecule has 92 valence electrons. The third-order valence-electron chi connectivity index (χ3n) is 2.67. The summed E-state index contributed by atoms with van der Waals surface area (Å²) < 4.78 is 2.03. The molecule has 0 atom stereocenters. The molecule has 5 nitrogen and oxygen atoms in total. The summed E-state index contributed by atoms with van der Waals surface area (Å²) in [6.45, 7) is 1.97. The highest BCUT2D eigenvalue weighted by molar-refractivity contribution is 8.13. The molecule has 2 rings (SSSR count). The number of nitrogens with one attached hydrogen (secondary N) is 1. The van der Waals surface area contributed by atoms with Gasteiger partial charge in [-0.25, -0.2) is 9.98 Å². The normalized spacial score (nSPS) is 11.6. The van der Waals surface area contributed by atoms with E-state index in [0.717, 1.165) is 22.5 Å². The summed E-state index contributed by atoms with van der Waals surface area (Å²) in [5, 5.41) is 11.7. The molecule has 1 aromatic carbocycles. The molecular weight excluding hydrogens is 246 g/mol. The van der Waals surface area contributed by atoms with E-state index in [-0.39, 0.29) is 0 Å². The van der Waals surface area contributed by atoms with Gasteiger partial charge in [0.2, 0.25) is 0 Å². The maximum atomic E-state index is 8.59. The number of benzene rings is 1. The van der Waals surface area contributed by atoms with Crippen molar-refractivity contribution >= 4 is 33.7 Å². The lowest BCUT2D eigenvalue weighted by Crippen LogP contribution is -2.12. The smallest absolute Gasteiger partial charge is 0.183 e. The van der Waals surface area contributed by atoms with Gasteiger partial charge in [0.1, 0.15) is 5.82 Å². The van der Waals surface area contributed by atoms with Crippen LogP contribution in [0.5, 0.6) is 0 Å². The Morgan fingerprint density at radius 1 is 1.56 bits per heavy atom. The van der Waals surface area contributed by atoms with Gasteiger partial charge in [0.25, 0.3) is 0 Å². The fourth-order valence-electron chi connectivity index (χ4n) is 1.67. The van der Waals surface area contributed by atoms with Crippen LogP contribution in [0.2, 0.25) is 0 Å². The minimum atomic E-state index is 0.574. The molecule has 2 aromatic rings. The van der Waals surface area contributed by atoms with Crippen molar-refractivity contribution in [2.24, 2.45) is 12.0 Å². The van der Waals surface area contributed by atoms with Gasteiger partial charge < -0.3 is 4.57 Å². The zero-order chi connectivity index (χ0) is 13.1. The summed E-state index contributed by atoms with van der Waals surface area (Å²) in [6, 6.07) is 5.81. The second-order valence-corrected chi connectivity index (χ2v) is 4.54. The molecule has 6 heteroatoms. The van der Waals surface area contributed by atoms with Gasteiger partial charge >= 0.3 is 0 Å². The maximum absolute atomic E-state index is 8.59. The van der Waals surface area contributed by atoms with Crippen LogP contribution in [0.1, 0.15) is 5.82 Å². The summed E-state index contributed by atoms with van der Waals surface area (Å²) in [5.41, 5.74) is 2.77. The molecule has 0 aliphatic rings. The Morgan fingerprint density at radius 2 is 2.33 bits per heavy atom. The number of nitriles is 1. The number of aliphatic imine (C=N–C) groups is 1. The zero-order valence-electron chi connectivity index (χ0n) is 10.4. The molecule has 0 aliphatic heterocycles. The van der Waals surface area contributed by atoms with Crippen molar-refractivity contribution in [3.63, 3.8) is 0 Å². The number of thioether (sulfide) groups is 1. The van der Waals surface area contributed by atoms with E-state index in [1.54, 1.807) is 0 Å². The third kappa shape index (κ3) is 2.31. The van der Waals surface area contributed by atoms with Crippen molar-refractivity contribution in [1.29, 1.82) is 5.26 Å². The monoisotopic (exact) mass is 259 g/mol. The number of hydrogen-bond donors (Lipinski definition) is 1. The number of rotatable bonds is 1. The van der Waals surface area contributed by atoms with Crippen LogP contribution >= 0.6 is 11.8 Å². The van der Waals surface area contributed by atoms with E-state index in [2.05, 4.69) is 15.3 Å². The van der Waals surface area contributed by atoms with Crippen LogP contribution in [-0.2, 0) is 7.05 Å². The standard InChI is InChI=1S/C12H13N5S/c1-8-15-10-6-9(4-5-11(10)17(8)2)16-12(18-3)14-7-13/h4-6H,1-3H3,(H,14,16). The summed E-state index contributed by atoms with van der Waals surface area (Å²) >= 11 is 1.39. The first-order valence-electron chi connectivity index (χ1n) is 5.36. The van der Waals surface area contributed by atoms with Crippen LogP contribution in [0.4, 0.5) is 5.69 Å². The van der Waals surface area contributed by atoms with E-state index >= 15 is 0 Å². The molecule has 0 aliphatic carbocycles. The van der Waals surface area contributed by atoms with Crippen LogP contribution in [0.25, 0.3) is 11.0 Å². The van der Waals surface area contributed by atoms with Gasteiger partial charge in [-0.15, -0.1) is 0 Å². The number of aryl methyl sites for hydroxylation is 2. The lowest BCUT2D eigenvalue weighted by atomic mass is 10.3. The quantitative estimate of drug-likeness (QED) is 0.369. The molecule has 1 aromatic heterocycles. The van der Waals surface area contributed by atoms with Gasteiger partial charge in [0.15, 0.2) is 11.4 Å². The third-order valence-corrected chi connectivity index (χ3v) is 3.25. The van der Waals surface area contributed by atoms with Crippen molar-refractivity contribution in [3.8, 4) is 6.19 Å². The second-order valence-electron chi connectivity index (χ2n) is 3.75. The van der Waals surface area contributed by atoms with Gasteiger partial charge in [-0.3, -0.25) is 5.32 Å². The summed E-state index contributed by atoms with van der Waals surface area (Å²) in [5.74, 6) is 0.964. The van der Waals surface area contributed by atoms with E-state index in [1.807, 2.05) is 49.2 Å². The summed E-state index contributed by atoms with van der Waals surface area (Å²) in [6.07, 6.45) is 3.74. The lowest BCUT2D eigenvalue weighted by molar-refractivity contribution is 0.886. The van der Waals surface area contributed by atoms with Crippen LogP contribution in [0, 0.1) is 18.4 Å². The predicted octanol–water partition coefficient (Wildman–Crippen LogP) is 2.30. The number of imidazole rings is 1. The van der Waals surface area contributed by atoms with E-state index < -0.39 is 0 Å². The lowest BCUT2D eigenvalue weighted by Gasteiger charge is -2.00. The summed E-state index contributed by atoms with van der Waals surface area (Å²) in [4.78, 5) is 8.81. The average molecular weight is 259 g/mol. The fourth-order valence-corrected chi connectivity index (χ4v) is 2.01. The zero-order valence-corrected chi connectivity index (χ0v) is 11.2. The highest BCUT2D eigenvalue weighted by Crippen LogP contribution is 2.22. The Kier molecular flexibility index (Phi) is 3.53. The van der Waals surface area contributed by atoms with Crippen molar-refractivity contribution < 1.29 is 0 Å². The molecule has 0 unspecified atom stereocenters. The Morgan fingerprint density at radius 3 is 3.00 bits per heavy atom. The van der Waals surface area contributed by atoms with Gasteiger partial charge in [0, 0.05) is 7.05 Å². The first-order chi connectivity index (χ1) is 8.65. The molecule has 0 saturated carbocycles. The Hall–Kier alpha value is -2.00. The number of fused-ring (bicyclic) bond motifs is 1. The molecule has 0 radical (unpaired) electrons. The Labute approximate surface area is 110 Å². The van der Waals surface area contributed by atoms with Crippen LogP contribution in [0.3, 0.4) is 0 Å².